The second-order valence-electron chi connectivity index (χ2n) is 4.40. The highest BCUT2D eigenvalue weighted by molar-refractivity contribution is 5.74. The van der Waals surface area contributed by atoms with E-state index in [1.54, 1.807) is 4.68 Å². The van der Waals surface area contributed by atoms with Crippen molar-refractivity contribution >= 4 is 17.2 Å². The molecule has 5 heteroatoms. The Hall–Kier alpha value is -2.17. The SMILES string of the molecule is Cn1cc(N)c(N2CCCOc3ccccc32)n1. The van der Waals surface area contributed by atoms with Gasteiger partial charge in [0.05, 0.1) is 18.0 Å². The molecular weight excluding hydrogens is 228 g/mol. The summed E-state index contributed by atoms with van der Waals surface area (Å²) in [5.74, 6) is 1.69. The molecule has 2 aromatic rings. The minimum absolute atomic E-state index is 0.689. The van der Waals surface area contributed by atoms with E-state index >= 15 is 0 Å². The predicted molar refractivity (Wildman–Crippen MR) is 71.2 cm³/mol. The zero-order chi connectivity index (χ0) is 12.5. The van der Waals surface area contributed by atoms with Crippen molar-refractivity contribution in [2.24, 2.45) is 7.05 Å². The standard InChI is InChI=1S/C13H16N4O/c1-16-9-10(14)13(15-16)17-7-4-8-18-12-6-3-2-5-11(12)17/h2-3,5-6,9H,4,7-8,14H2,1H3. The van der Waals surface area contributed by atoms with Gasteiger partial charge in [0.1, 0.15) is 5.75 Å². The van der Waals surface area contributed by atoms with Gasteiger partial charge in [-0.3, -0.25) is 4.68 Å². The Kier molecular flexibility index (Phi) is 2.59. The van der Waals surface area contributed by atoms with Gasteiger partial charge in [0.15, 0.2) is 5.82 Å². The number of nitrogens with zero attached hydrogens (tertiary/aromatic N) is 3. The lowest BCUT2D eigenvalue weighted by Gasteiger charge is -2.21. The van der Waals surface area contributed by atoms with Crippen molar-refractivity contribution in [1.82, 2.24) is 9.78 Å². The molecule has 0 bridgehead atoms. The Morgan fingerprint density at radius 1 is 1.33 bits per heavy atom. The first-order chi connectivity index (χ1) is 8.75. The Morgan fingerprint density at radius 3 is 2.94 bits per heavy atom. The molecule has 3 rings (SSSR count). The largest absolute Gasteiger partial charge is 0.491 e. The predicted octanol–water partition coefficient (Wildman–Crippen LogP) is 1.92. The topological polar surface area (TPSA) is 56.3 Å². The number of aromatic nitrogens is 2. The van der Waals surface area contributed by atoms with Crippen LogP contribution in [-0.2, 0) is 7.05 Å². The van der Waals surface area contributed by atoms with Gasteiger partial charge < -0.3 is 15.4 Å². The molecule has 2 N–H and O–H groups in total. The Labute approximate surface area is 106 Å². The monoisotopic (exact) mass is 244 g/mol. The maximum atomic E-state index is 6.01. The molecule has 1 aliphatic rings. The number of rotatable bonds is 1. The summed E-state index contributed by atoms with van der Waals surface area (Å²) in [7, 11) is 1.88. The minimum Gasteiger partial charge on any atom is -0.491 e. The maximum Gasteiger partial charge on any atom is 0.178 e. The normalized spacial score (nSPS) is 14.8. The summed E-state index contributed by atoms with van der Waals surface area (Å²) in [4.78, 5) is 2.12. The number of benzene rings is 1. The number of nitrogens with two attached hydrogens (primary N) is 1. The smallest absolute Gasteiger partial charge is 0.178 e. The van der Waals surface area contributed by atoms with Gasteiger partial charge in [0.25, 0.3) is 0 Å². The van der Waals surface area contributed by atoms with Crippen molar-refractivity contribution in [2.45, 2.75) is 6.42 Å². The first kappa shape index (κ1) is 11.0. The van der Waals surface area contributed by atoms with Crippen molar-refractivity contribution < 1.29 is 4.74 Å². The van der Waals surface area contributed by atoms with E-state index in [-0.39, 0.29) is 0 Å². The van der Waals surface area contributed by atoms with E-state index in [1.807, 2.05) is 37.5 Å². The molecule has 1 aromatic heterocycles. The number of para-hydroxylation sites is 2. The Bertz CT molecular complexity index is 564. The van der Waals surface area contributed by atoms with Crippen LogP contribution in [0.2, 0.25) is 0 Å². The molecule has 1 aliphatic heterocycles. The third-order valence-electron chi connectivity index (χ3n) is 3.03. The molecule has 0 saturated heterocycles. The summed E-state index contributed by atoms with van der Waals surface area (Å²) in [6, 6.07) is 7.99. The first-order valence-corrected chi connectivity index (χ1v) is 6.04. The molecule has 0 fully saturated rings. The molecule has 0 radical (unpaired) electrons. The van der Waals surface area contributed by atoms with Crippen LogP contribution < -0.4 is 15.4 Å². The van der Waals surface area contributed by atoms with Crippen LogP contribution in [0.5, 0.6) is 5.75 Å². The van der Waals surface area contributed by atoms with Crippen LogP contribution in [0.15, 0.2) is 30.5 Å². The molecule has 1 aromatic carbocycles. The second-order valence-corrected chi connectivity index (χ2v) is 4.40. The van der Waals surface area contributed by atoms with E-state index in [9.17, 15) is 0 Å². The molecule has 0 saturated carbocycles. The summed E-state index contributed by atoms with van der Waals surface area (Å²) in [6.07, 6.45) is 2.77. The van der Waals surface area contributed by atoms with Gasteiger partial charge in [-0.05, 0) is 18.6 Å². The summed E-state index contributed by atoms with van der Waals surface area (Å²) in [5.41, 5.74) is 7.73. The average Bonchev–Trinajstić information content (AvgIpc) is 2.60. The van der Waals surface area contributed by atoms with Crippen LogP contribution in [0.1, 0.15) is 6.42 Å². The molecule has 0 spiro atoms. The minimum atomic E-state index is 0.689. The third kappa shape index (κ3) is 1.77. The fourth-order valence-electron chi connectivity index (χ4n) is 2.25. The van der Waals surface area contributed by atoms with Crippen LogP contribution in [-0.4, -0.2) is 22.9 Å². The van der Waals surface area contributed by atoms with Gasteiger partial charge in [-0.2, -0.15) is 5.10 Å². The molecule has 2 heterocycles. The van der Waals surface area contributed by atoms with Gasteiger partial charge in [-0.1, -0.05) is 12.1 Å². The van der Waals surface area contributed by atoms with E-state index < -0.39 is 0 Å². The van der Waals surface area contributed by atoms with E-state index in [2.05, 4.69) is 10.00 Å². The number of nitrogen functional groups attached to an aromatic ring is 1. The molecule has 5 nitrogen and oxygen atoms in total. The Balaban J connectivity index is 2.09. The lowest BCUT2D eigenvalue weighted by Crippen LogP contribution is -2.19. The zero-order valence-electron chi connectivity index (χ0n) is 10.3. The summed E-state index contributed by atoms with van der Waals surface area (Å²) in [6.45, 7) is 1.58. The van der Waals surface area contributed by atoms with Crippen LogP contribution in [0.25, 0.3) is 0 Å². The number of aryl methyl sites for hydroxylation is 1. The van der Waals surface area contributed by atoms with E-state index in [4.69, 9.17) is 10.5 Å². The van der Waals surface area contributed by atoms with Crippen molar-refractivity contribution in [3.05, 3.63) is 30.5 Å². The summed E-state index contributed by atoms with van der Waals surface area (Å²) >= 11 is 0. The highest BCUT2D eigenvalue weighted by atomic mass is 16.5. The van der Waals surface area contributed by atoms with E-state index in [0.717, 1.165) is 36.8 Å². The first-order valence-electron chi connectivity index (χ1n) is 6.04. The number of hydrogen-bond donors (Lipinski definition) is 1. The fraction of sp³-hybridized carbons (Fsp3) is 0.308. The molecule has 18 heavy (non-hydrogen) atoms. The van der Waals surface area contributed by atoms with Crippen LogP contribution in [0, 0.1) is 0 Å². The van der Waals surface area contributed by atoms with Crippen LogP contribution >= 0.6 is 0 Å². The Morgan fingerprint density at radius 2 is 2.17 bits per heavy atom. The zero-order valence-corrected chi connectivity index (χ0v) is 10.3. The van der Waals surface area contributed by atoms with Gasteiger partial charge in [-0.15, -0.1) is 0 Å². The van der Waals surface area contributed by atoms with Gasteiger partial charge >= 0.3 is 0 Å². The van der Waals surface area contributed by atoms with Gasteiger partial charge in [0, 0.05) is 19.8 Å². The number of anilines is 3. The van der Waals surface area contributed by atoms with Crippen LogP contribution in [0.3, 0.4) is 0 Å². The molecule has 0 amide bonds. The number of hydrogen-bond acceptors (Lipinski definition) is 4. The van der Waals surface area contributed by atoms with Gasteiger partial charge in [-0.25, -0.2) is 0 Å². The van der Waals surface area contributed by atoms with E-state index in [1.165, 1.54) is 0 Å². The van der Waals surface area contributed by atoms with Crippen molar-refractivity contribution in [1.29, 1.82) is 0 Å². The number of ether oxygens (including phenoxy) is 1. The quantitative estimate of drug-likeness (QED) is 0.832. The lowest BCUT2D eigenvalue weighted by atomic mass is 10.2. The lowest BCUT2D eigenvalue weighted by molar-refractivity contribution is 0.322. The van der Waals surface area contributed by atoms with Crippen molar-refractivity contribution in [3.8, 4) is 5.75 Å². The number of fused-ring (bicyclic) bond motifs is 1. The van der Waals surface area contributed by atoms with Crippen molar-refractivity contribution in [2.75, 3.05) is 23.8 Å². The van der Waals surface area contributed by atoms with Crippen molar-refractivity contribution in [3.63, 3.8) is 0 Å². The summed E-state index contributed by atoms with van der Waals surface area (Å²) < 4.78 is 7.46. The molecule has 0 aliphatic carbocycles. The highest BCUT2D eigenvalue weighted by Crippen LogP contribution is 2.37. The van der Waals surface area contributed by atoms with Crippen LogP contribution in [0.4, 0.5) is 17.2 Å². The van der Waals surface area contributed by atoms with Gasteiger partial charge in [0.2, 0.25) is 0 Å². The highest BCUT2D eigenvalue weighted by Gasteiger charge is 2.21. The summed E-state index contributed by atoms with van der Waals surface area (Å²) in [5, 5.41) is 4.44. The molecule has 0 unspecified atom stereocenters. The second kappa shape index (κ2) is 4.25. The molecule has 94 valence electrons. The molecular formula is C13H16N4O. The fourth-order valence-corrected chi connectivity index (χ4v) is 2.25. The average molecular weight is 244 g/mol. The van der Waals surface area contributed by atoms with E-state index in [0.29, 0.717) is 5.69 Å². The molecule has 0 atom stereocenters. The maximum absolute atomic E-state index is 6.01. The third-order valence-corrected chi connectivity index (χ3v) is 3.03.